The van der Waals surface area contributed by atoms with Crippen molar-refractivity contribution in [1.29, 1.82) is 0 Å². The van der Waals surface area contributed by atoms with Crippen LogP contribution in [0.4, 0.5) is 0 Å². The zero-order chi connectivity index (χ0) is 15.6. The Hall–Kier alpha value is -1.58. The lowest BCUT2D eigenvalue weighted by atomic mass is 9.82. The largest absolute Gasteiger partial charge is 0.461 e. The summed E-state index contributed by atoms with van der Waals surface area (Å²) in [5.41, 5.74) is 2.40. The number of carbonyl (C=O) groups excluding carboxylic acids is 2. The van der Waals surface area contributed by atoms with E-state index in [9.17, 15) is 9.59 Å². The Morgan fingerprint density at radius 3 is 2.71 bits per heavy atom. The predicted molar refractivity (Wildman–Crippen MR) is 79.5 cm³/mol. The van der Waals surface area contributed by atoms with Crippen LogP contribution in [0, 0.1) is 11.8 Å². The number of esters is 2. The van der Waals surface area contributed by atoms with Crippen LogP contribution in [0.1, 0.15) is 47.0 Å². The lowest BCUT2D eigenvalue weighted by molar-refractivity contribution is -0.147. The van der Waals surface area contributed by atoms with Crippen LogP contribution in [-0.4, -0.2) is 24.1 Å². The van der Waals surface area contributed by atoms with Crippen LogP contribution in [0.15, 0.2) is 23.3 Å². The molecule has 0 N–H and O–H groups in total. The SMILES string of the molecule is CC(=O)O[C@H]1/C=C(\C)CC/C=C(\C)CC2OC(=O)[C@H](C)[C@H]21. The first kappa shape index (κ1) is 15.8. The molecule has 0 aromatic carbocycles. The lowest BCUT2D eigenvalue weighted by Gasteiger charge is -2.27. The molecule has 0 aromatic rings. The van der Waals surface area contributed by atoms with Crippen molar-refractivity contribution in [2.24, 2.45) is 11.8 Å². The van der Waals surface area contributed by atoms with Gasteiger partial charge in [-0.15, -0.1) is 0 Å². The molecule has 2 rings (SSSR count). The van der Waals surface area contributed by atoms with Crippen molar-refractivity contribution in [1.82, 2.24) is 0 Å². The highest BCUT2D eigenvalue weighted by Crippen LogP contribution is 2.37. The highest BCUT2D eigenvalue weighted by Gasteiger charge is 2.46. The highest BCUT2D eigenvalue weighted by atomic mass is 16.6. The van der Waals surface area contributed by atoms with E-state index in [-0.39, 0.29) is 36.0 Å². The zero-order valence-corrected chi connectivity index (χ0v) is 13.2. The minimum Gasteiger partial charge on any atom is -0.461 e. The van der Waals surface area contributed by atoms with Crippen LogP contribution in [0.3, 0.4) is 0 Å². The first-order valence-corrected chi connectivity index (χ1v) is 7.59. The van der Waals surface area contributed by atoms with E-state index >= 15 is 0 Å². The molecule has 116 valence electrons. The van der Waals surface area contributed by atoms with Crippen molar-refractivity contribution in [2.45, 2.75) is 59.2 Å². The van der Waals surface area contributed by atoms with Crippen LogP contribution in [0.5, 0.6) is 0 Å². The maximum absolute atomic E-state index is 12.0. The molecule has 4 heteroatoms. The van der Waals surface area contributed by atoms with Crippen molar-refractivity contribution < 1.29 is 19.1 Å². The fourth-order valence-corrected chi connectivity index (χ4v) is 3.21. The van der Waals surface area contributed by atoms with Gasteiger partial charge in [-0.05, 0) is 32.8 Å². The third-order valence-electron chi connectivity index (χ3n) is 4.33. The molecule has 1 aliphatic carbocycles. The summed E-state index contributed by atoms with van der Waals surface area (Å²) in [6, 6.07) is 0. The summed E-state index contributed by atoms with van der Waals surface area (Å²) in [5, 5.41) is 0. The van der Waals surface area contributed by atoms with Gasteiger partial charge in [-0.1, -0.05) is 24.1 Å². The van der Waals surface area contributed by atoms with Gasteiger partial charge in [0.15, 0.2) is 0 Å². The van der Waals surface area contributed by atoms with Crippen molar-refractivity contribution in [3.8, 4) is 0 Å². The van der Waals surface area contributed by atoms with Crippen LogP contribution in [0.2, 0.25) is 0 Å². The Balaban J connectivity index is 2.36. The molecule has 4 nitrogen and oxygen atoms in total. The predicted octanol–water partition coefficient (Wildman–Crippen LogP) is 3.17. The molecule has 1 heterocycles. The van der Waals surface area contributed by atoms with Gasteiger partial charge in [0.05, 0.1) is 11.8 Å². The summed E-state index contributed by atoms with van der Waals surface area (Å²) >= 11 is 0. The average molecular weight is 292 g/mol. The quantitative estimate of drug-likeness (QED) is 0.550. The Morgan fingerprint density at radius 2 is 2.05 bits per heavy atom. The zero-order valence-electron chi connectivity index (χ0n) is 13.2. The molecule has 0 aromatic heterocycles. The van der Waals surface area contributed by atoms with Gasteiger partial charge in [0.1, 0.15) is 12.2 Å². The molecular formula is C17H24O4. The number of ether oxygens (including phenoxy) is 2. The van der Waals surface area contributed by atoms with Crippen LogP contribution < -0.4 is 0 Å². The standard InChI is InChI=1S/C17H24O4/c1-10-6-5-7-11(2)9-15-16(12(3)17(19)21-15)14(8-10)20-13(4)18/h7-8,12,14-16H,5-6,9H2,1-4H3/b10-8+,11-7+/t12-,14+,15?,16+/m1/s1. The van der Waals surface area contributed by atoms with Gasteiger partial charge >= 0.3 is 11.9 Å². The smallest absolute Gasteiger partial charge is 0.309 e. The maximum Gasteiger partial charge on any atom is 0.309 e. The number of hydrogen-bond donors (Lipinski definition) is 0. The van der Waals surface area contributed by atoms with Crippen LogP contribution in [0.25, 0.3) is 0 Å². The maximum atomic E-state index is 12.0. The lowest BCUT2D eigenvalue weighted by Crippen LogP contribution is -2.34. The molecule has 4 atom stereocenters. The minimum absolute atomic E-state index is 0.113. The van der Waals surface area contributed by atoms with E-state index < -0.39 is 0 Å². The summed E-state index contributed by atoms with van der Waals surface area (Å²) in [7, 11) is 0. The normalized spacial score (nSPS) is 38.4. The summed E-state index contributed by atoms with van der Waals surface area (Å²) in [6.07, 6.45) is 6.21. The molecule has 0 bridgehead atoms. The second kappa shape index (κ2) is 6.46. The Labute approximate surface area is 126 Å². The Morgan fingerprint density at radius 1 is 1.33 bits per heavy atom. The number of rotatable bonds is 1. The molecular weight excluding hydrogens is 268 g/mol. The second-order valence-electron chi connectivity index (χ2n) is 6.22. The topological polar surface area (TPSA) is 52.6 Å². The van der Waals surface area contributed by atoms with E-state index in [0.717, 1.165) is 12.8 Å². The molecule has 0 saturated carbocycles. The minimum atomic E-state index is -0.389. The van der Waals surface area contributed by atoms with Gasteiger partial charge in [0.2, 0.25) is 0 Å². The second-order valence-corrected chi connectivity index (χ2v) is 6.22. The van der Waals surface area contributed by atoms with Gasteiger partial charge in [0.25, 0.3) is 0 Å². The van der Waals surface area contributed by atoms with Gasteiger partial charge < -0.3 is 9.47 Å². The van der Waals surface area contributed by atoms with Crippen molar-refractivity contribution in [2.75, 3.05) is 0 Å². The fraction of sp³-hybridized carbons (Fsp3) is 0.647. The molecule has 1 aliphatic heterocycles. The number of carbonyl (C=O) groups is 2. The van der Waals surface area contributed by atoms with Gasteiger partial charge in [-0.2, -0.15) is 0 Å². The van der Waals surface area contributed by atoms with E-state index in [0.29, 0.717) is 6.42 Å². The van der Waals surface area contributed by atoms with Gasteiger partial charge in [-0.25, -0.2) is 0 Å². The van der Waals surface area contributed by atoms with Gasteiger partial charge in [0, 0.05) is 13.3 Å². The monoisotopic (exact) mass is 292 g/mol. The Bertz CT molecular complexity index is 489. The molecule has 0 amide bonds. The van der Waals surface area contributed by atoms with E-state index in [1.54, 1.807) is 0 Å². The summed E-state index contributed by atoms with van der Waals surface area (Å²) in [5.74, 6) is -0.882. The van der Waals surface area contributed by atoms with E-state index in [2.05, 4.69) is 13.0 Å². The van der Waals surface area contributed by atoms with E-state index in [1.807, 2.05) is 19.9 Å². The molecule has 21 heavy (non-hydrogen) atoms. The highest BCUT2D eigenvalue weighted by molar-refractivity contribution is 5.75. The first-order chi connectivity index (χ1) is 9.88. The number of fused-ring (bicyclic) bond motifs is 1. The molecule has 1 fully saturated rings. The average Bonchev–Trinajstić information content (AvgIpc) is 2.62. The summed E-state index contributed by atoms with van der Waals surface area (Å²) in [4.78, 5) is 23.4. The van der Waals surface area contributed by atoms with Crippen LogP contribution in [-0.2, 0) is 19.1 Å². The van der Waals surface area contributed by atoms with Gasteiger partial charge in [-0.3, -0.25) is 9.59 Å². The fourth-order valence-electron chi connectivity index (χ4n) is 3.21. The molecule has 2 aliphatic rings. The first-order valence-electron chi connectivity index (χ1n) is 7.59. The summed E-state index contributed by atoms with van der Waals surface area (Å²) in [6.45, 7) is 7.37. The molecule has 0 radical (unpaired) electrons. The number of allylic oxidation sites excluding steroid dienone is 2. The van der Waals surface area contributed by atoms with E-state index in [1.165, 1.54) is 18.1 Å². The van der Waals surface area contributed by atoms with Crippen molar-refractivity contribution in [3.05, 3.63) is 23.3 Å². The van der Waals surface area contributed by atoms with Crippen LogP contribution >= 0.6 is 0 Å². The Kier molecular flexibility index (Phi) is 4.86. The van der Waals surface area contributed by atoms with Crippen molar-refractivity contribution >= 4 is 11.9 Å². The molecule has 1 unspecified atom stereocenters. The summed E-state index contributed by atoms with van der Waals surface area (Å²) < 4.78 is 11.0. The molecule has 1 saturated heterocycles. The third-order valence-corrected chi connectivity index (χ3v) is 4.33. The third kappa shape index (κ3) is 3.74. The molecule has 0 spiro atoms. The van der Waals surface area contributed by atoms with E-state index in [4.69, 9.17) is 9.47 Å². The number of hydrogen-bond acceptors (Lipinski definition) is 4. The van der Waals surface area contributed by atoms with Crippen molar-refractivity contribution in [3.63, 3.8) is 0 Å².